The third kappa shape index (κ3) is 4.83. The van der Waals surface area contributed by atoms with Crippen LogP contribution in [0.2, 0.25) is 5.02 Å². The summed E-state index contributed by atoms with van der Waals surface area (Å²) in [5.41, 5.74) is 1.85. The Morgan fingerprint density at radius 1 is 1.24 bits per heavy atom. The first-order valence-corrected chi connectivity index (χ1v) is 13.4. The molecule has 0 radical (unpaired) electrons. The number of unbranched alkanes of at least 4 members (excludes halogenated alkanes) is 1. The third-order valence-electron chi connectivity index (χ3n) is 7.18. The van der Waals surface area contributed by atoms with Gasteiger partial charge in [-0.3, -0.25) is 14.5 Å². The van der Waals surface area contributed by atoms with E-state index in [1.807, 2.05) is 41.3 Å². The van der Waals surface area contributed by atoms with Crippen molar-refractivity contribution in [3.63, 3.8) is 0 Å². The second kappa shape index (κ2) is 9.88. The van der Waals surface area contributed by atoms with Crippen molar-refractivity contribution in [1.82, 2.24) is 4.90 Å². The summed E-state index contributed by atoms with van der Waals surface area (Å²) in [6.45, 7) is 0. The van der Waals surface area contributed by atoms with E-state index in [9.17, 15) is 9.59 Å². The fourth-order valence-electron chi connectivity index (χ4n) is 5.52. The number of carboxylic acid groups (broad SMARTS) is 1. The summed E-state index contributed by atoms with van der Waals surface area (Å²) in [4.78, 5) is 26.7. The van der Waals surface area contributed by atoms with E-state index < -0.39 is 5.97 Å². The maximum Gasteiger partial charge on any atom is 0.303 e. The molecule has 1 N–H and O–H groups in total. The number of carbonyl (C=O) groups is 2. The summed E-state index contributed by atoms with van der Waals surface area (Å²) in [6.07, 6.45) is 8.66. The lowest BCUT2D eigenvalue weighted by molar-refractivity contribution is -0.137. The van der Waals surface area contributed by atoms with E-state index in [0.29, 0.717) is 44.5 Å². The molecule has 3 unspecified atom stereocenters. The van der Waals surface area contributed by atoms with Crippen molar-refractivity contribution in [2.45, 2.75) is 57.4 Å². The molecule has 34 heavy (non-hydrogen) atoms. The van der Waals surface area contributed by atoms with Gasteiger partial charge in [-0.15, -0.1) is 0 Å². The van der Waals surface area contributed by atoms with Crippen molar-refractivity contribution >= 4 is 57.9 Å². The number of hydrogen-bond acceptors (Lipinski definition) is 5. The minimum absolute atomic E-state index is 0.0196. The number of nitrogens with zero attached hydrogens (tertiary/aromatic N) is 1. The number of hydrogen-bond donors (Lipinski definition) is 1. The van der Waals surface area contributed by atoms with Crippen LogP contribution in [-0.4, -0.2) is 32.2 Å². The molecule has 1 saturated heterocycles. The number of benzene rings is 1. The van der Waals surface area contributed by atoms with Crippen LogP contribution in [-0.2, 0) is 16.0 Å². The average Bonchev–Trinajstić information content (AvgIpc) is 3.57. The SMILES string of the molecule is O=C(O)CCCCc1cc(-c2ccc(Cl)cc2)oc1C=C1SC(=S)N(C2CC3CCC2C3)C1=O. The van der Waals surface area contributed by atoms with E-state index in [1.165, 1.54) is 31.0 Å². The van der Waals surface area contributed by atoms with Crippen LogP contribution in [0.3, 0.4) is 0 Å². The average molecular weight is 516 g/mol. The van der Waals surface area contributed by atoms with Crippen LogP contribution in [0.1, 0.15) is 56.3 Å². The van der Waals surface area contributed by atoms with E-state index in [2.05, 4.69) is 0 Å². The highest BCUT2D eigenvalue weighted by atomic mass is 35.5. The van der Waals surface area contributed by atoms with Gasteiger partial charge in [0.1, 0.15) is 15.8 Å². The molecule has 1 amide bonds. The molecule has 5 nitrogen and oxygen atoms in total. The number of thioether (sulfide) groups is 1. The summed E-state index contributed by atoms with van der Waals surface area (Å²) in [6, 6.07) is 9.63. The van der Waals surface area contributed by atoms with Crippen LogP contribution in [0.25, 0.3) is 17.4 Å². The maximum absolute atomic E-state index is 13.4. The van der Waals surface area contributed by atoms with Gasteiger partial charge in [0.25, 0.3) is 5.91 Å². The van der Waals surface area contributed by atoms with E-state index in [4.69, 9.17) is 33.3 Å². The van der Waals surface area contributed by atoms with E-state index in [-0.39, 0.29) is 18.4 Å². The Kier molecular flexibility index (Phi) is 6.87. The smallest absolute Gasteiger partial charge is 0.303 e. The molecule has 2 heterocycles. The molecule has 3 aliphatic rings. The number of furan rings is 1. The first-order chi connectivity index (χ1) is 16.4. The van der Waals surface area contributed by atoms with Crippen LogP contribution in [0, 0.1) is 11.8 Å². The molecule has 3 atom stereocenters. The summed E-state index contributed by atoms with van der Waals surface area (Å²) >= 11 is 13.0. The lowest BCUT2D eigenvalue weighted by atomic mass is 9.94. The Morgan fingerprint density at radius 3 is 2.71 bits per heavy atom. The summed E-state index contributed by atoms with van der Waals surface area (Å²) in [5, 5.41) is 9.59. The highest BCUT2D eigenvalue weighted by Gasteiger charge is 2.48. The second-order valence-corrected chi connectivity index (χ2v) is 11.5. The minimum atomic E-state index is -0.793. The topological polar surface area (TPSA) is 70.8 Å². The van der Waals surface area contributed by atoms with Gasteiger partial charge in [-0.1, -0.05) is 42.0 Å². The number of aryl methyl sites for hydroxylation is 1. The summed E-state index contributed by atoms with van der Waals surface area (Å²) in [5.74, 6) is 1.81. The van der Waals surface area contributed by atoms with Crippen molar-refractivity contribution in [3.05, 3.63) is 51.6 Å². The van der Waals surface area contributed by atoms with Gasteiger partial charge < -0.3 is 9.52 Å². The molecule has 1 aliphatic heterocycles. The van der Waals surface area contributed by atoms with Crippen molar-refractivity contribution in [1.29, 1.82) is 0 Å². The zero-order chi connectivity index (χ0) is 23.8. The molecular formula is C26H26ClNO4S2. The van der Waals surface area contributed by atoms with E-state index >= 15 is 0 Å². The zero-order valence-electron chi connectivity index (χ0n) is 18.7. The van der Waals surface area contributed by atoms with Gasteiger partial charge in [0.2, 0.25) is 0 Å². The number of halogens is 1. The Labute approximate surface area is 213 Å². The highest BCUT2D eigenvalue weighted by Crippen LogP contribution is 2.49. The van der Waals surface area contributed by atoms with Gasteiger partial charge in [0, 0.05) is 29.1 Å². The molecule has 3 fully saturated rings. The number of carbonyl (C=O) groups excluding carboxylic acids is 1. The van der Waals surface area contributed by atoms with Crippen molar-refractivity contribution < 1.29 is 19.1 Å². The van der Waals surface area contributed by atoms with Crippen LogP contribution in [0.15, 0.2) is 39.7 Å². The lowest BCUT2D eigenvalue weighted by Crippen LogP contribution is -2.41. The van der Waals surface area contributed by atoms with Crippen LogP contribution < -0.4 is 0 Å². The molecule has 2 bridgehead atoms. The van der Waals surface area contributed by atoms with Gasteiger partial charge in [-0.25, -0.2) is 0 Å². The first-order valence-electron chi connectivity index (χ1n) is 11.8. The number of carboxylic acids is 1. The van der Waals surface area contributed by atoms with Crippen molar-refractivity contribution in [3.8, 4) is 11.3 Å². The first kappa shape index (κ1) is 23.6. The number of amides is 1. The predicted octanol–water partition coefficient (Wildman–Crippen LogP) is 6.79. The number of rotatable bonds is 8. The minimum Gasteiger partial charge on any atom is -0.481 e. The van der Waals surface area contributed by atoms with Crippen LogP contribution in [0.5, 0.6) is 0 Å². The molecule has 1 aromatic heterocycles. The molecule has 0 spiro atoms. The number of aliphatic carboxylic acids is 1. The number of thiocarbonyl (C=S) groups is 1. The zero-order valence-corrected chi connectivity index (χ0v) is 21.1. The largest absolute Gasteiger partial charge is 0.481 e. The predicted molar refractivity (Wildman–Crippen MR) is 139 cm³/mol. The number of fused-ring (bicyclic) bond motifs is 2. The van der Waals surface area contributed by atoms with Crippen molar-refractivity contribution in [2.75, 3.05) is 0 Å². The normalized spacial score (nSPS) is 25.1. The van der Waals surface area contributed by atoms with Crippen LogP contribution in [0.4, 0.5) is 0 Å². The molecular weight excluding hydrogens is 490 g/mol. The summed E-state index contributed by atoms with van der Waals surface area (Å²) in [7, 11) is 0. The second-order valence-electron chi connectivity index (χ2n) is 9.40. The maximum atomic E-state index is 13.4. The molecule has 8 heteroatoms. The molecule has 5 rings (SSSR count). The fraction of sp³-hybridized carbons (Fsp3) is 0.423. The monoisotopic (exact) mass is 515 g/mol. The highest BCUT2D eigenvalue weighted by molar-refractivity contribution is 8.26. The van der Waals surface area contributed by atoms with Crippen LogP contribution >= 0.6 is 35.6 Å². The standard InChI is InChI=1S/C26H26ClNO4S2/c27-19-9-7-16(8-10-19)21-13-18(3-1-2-4-24(29)30)22(32-21)14-23-25(31)28(26(33)34-23)20-12-15-5-6-17(20)11-15/h7-10,13-15,17,20H,1-6,11-12H2,(H,29,30). The molecule has 2 saturated carbocycles. The van der Waals surface area contributed by atoms with Gasteiger partial charge >= 0.3 is 5.97 Å². The molecule has 178 valence electrons. The molecule has 2 aromatic rings. The Bertz CT molecular complexity index is 1160. The molecule has 2 aliphatic carbocycles. The van der Waals surface area contributed by atoms with E-state index in [1.54, 1.807) is 0 Å². The quantitative estimate of drug-likeness (QED) is 0.237. The van der Waals surface area contributed by atoms with Crippen molar-refractivity contribution in [2.24, 2.45) is 11.8 Å². The summed E-state index contributed by atoms with van der Waals surface area (Å²) < 4.78 is 6.85. The Balaban J connectivity index is 1.40. The van der Waals surface area contributed by atoms with Gasteiger partial charge in [0.05, 0.1) is 4.91 Å². The molecule has 1 aromatic carbocycles. The van der Waals surface area contributed by atoms with Gasteiger partial charge in [0.15, 0.2) is 0 Å². The third-order valence-corrected chi connectivity index (χ3v) is 8.76. The van der Waals surface area contributed by atoms with Gasteiger partial charge in [-0.2, -0.15) is 0 Å². The Morgan fingerprint density at radius 2 is 2.03 bits per heavy atom. The van der Waals surface area contributed by atoms with Gasteiger partial charge in [-0.05, 0) is 86.3 Å². The van der Waals surface area contributed by atoms with E-state index in [0.717, 1.165) is 29.9 Å². The fourth-order valence-corrected chi connectivity index (χ4v) is 6.99. The Hall–Kier alpha value is -2.09. The lowest BCUT2D eigenvalue weighted by Gasteiger charge is -2.30.